The number of nitrogen functional groups attached to an aromatic ring is 1. The molecule has 1 saturated heterocycles. The summed E-state index contributed by atoms with van der Waals surface area (Å²) in [7, 11) is 0. The van der Waals surface area contributed by atoms with Crippen LogP contribution in [0.3, 0.4) is 0 Å². The van der Waals surface area contributed by atoms with Crippen molar-refractivity contribution < 1.29 is 4.74 Å². The summed E-state index contributed by atoms with van der Waals surface area (Å²) in [6.07, 6.45) is 1.56. The van der Waals surface area contributed by atoms with Crippen molar-refractivity contribution in [1.82, 2.24) is 14.9 Å². The van der Waals surface area contributed by atoms with E-state index < -0.39 is 0 Å². The van der Waals surface area contributed by atoms with Crippen LogP contribution in [0.2, 0.25) is 0 Å². The van der Waals surface area contributed by atoms with Gasteiger partial charge in [-0.25, -0.2) is 9.97 Å². The maximum Gasteiger partial charge on any atom is 0.159 e. The zero-order chi connectivity index (χ0) is 17.6. The molecule has 0 saturated carbocycles. The highest BCUT2D eigenvalue weighted by Gasteiger charge is 2.20. The second-order valence-electron chi connectivity index (χ2n) is 5.96. The Balaban J connectivity index is 1.72. The van der Waals surface area contributed by atoms with E-state index >= 15 is 0 Å². The highest BCUT2D eigenvalue weighted by Crippen LogP contribution is 2.29. The number of nitrogens with zero attached hydrogens (tertiary/aromatic N) is 4. The molecule has 7 heteroatoms. The summed E-state index contributed by atoms with van der Waals surface area (Å²) in [5.41, 5.74) is 7.84. The van der Waals surface area contributed by atoms with Crippen LogP contribution < -0.4 is 20.7 Å². The Kier molecular flexibility index (Phi) is 5.55. The van der Waals surface area contributed by atoms with Gasteiger partial charge < -0.3 is 25.6 Å². The molecule has 0 atom stereocenters. The first-order valence-electron chi connectivity index (χ1n) is 8.79. The smallest absolute Gasteiger partial charge is 0.159 e. The van der Waals surface area contributed by atoms with Crippen molar-refractivity contribution in [3.63, 3.8) is 0 Å². The fourth-order valence-electron chi connectivity index (χ4n) is 2.95. The van der Waals surface area contributed by atoms with Gasteiger partial charge in [-0.3, -0.25) is 0 Å². The molecule has 1 aromatic heterocycles. The Morgan fingerprint density at radius 1 is 1.08 bits per heavy atom. The molecule has 2 aromatic rings. The summed E-state index contributed by atoms with van der Waals surface area (Å²) in [5, 5.41) is 3.27. The van der Waals surface area contributed by atoms with Crippen LogP contribution in [0, 0.1) is 0 Å². The van der Waals surface area contributed by atoms with E-state index in [1.165, 1.54) is 0 Å². The summed E-state index contributed by atoms with van der Waals surface area (Å²) >= 11 is 0. The van der Waals surface area contributed by atoms with Gasteiger partial charge in [0.15, 0.2) is 11.6 Å². The molecule has 1 fully saturated rings. The molecular weight excluding hydrogens is 316 g/mol. The lowest BCUT2D eigenvalue weighted by molar-refractivity contribution is 0.270. The SMILES string of the molecule is CCOc1ccc(Nc2ncnc(N3CCN(CC)CC3)c2N)cc1. The van der Waals surface area contributed by atoms with E-state index in [9.17, 15) is 0 Å². The number of hydrogen-bond acceptors (Lipinski definition) is 7. The second kappa shape index (κ2) is 8.02. The number of nitrogens with one attached hydrogen (secondary N) is 1. The fraction of sp³-hybridized carbons (Fsp3) is 0.444. The number of rotatable bonds is 6. The van der Waals surface area contributed by atoms with Gasteiger partial charge in [0.1, 0.15) is 17.8 Å². The zero-order valence-electron chi connectivity index (χ0n) is 14.9. The number of nitrogens with two attached hydrogens (primary N) is 1. The second-order valence-corrected chi connectivity index (χ2v) is 5.96. The minimum Gasteiger partial charge on any atom is -0.494 e. The minimum absolute atomic E-state index is 0.585. The summed E-state index contributed by atoms with van der Waals surface area (Å²) in [5.74, 6) is 2.28. The molecule has 0 radical (unpaired) electrons. The lowest BCUT2D eigenvalue weighted by Gasteiger charge is -2.35. The van der Waals surface area contributed by atoms with Crippen LogP contribution in [-0.2, 0) is 0 Å². The number of ether oxygens (including phenoxy) is 1. The lowest BCUT2D eigenvalue weighted by Crippen LogP contribution is -2.46. The molecule has 0 unspecified atom stereocenters. The molecule has 3 rings (SSSR count). The van der Waals surface area contributed by atoms with Gasteiger partial charge in [0, 0.05) is 31.9 Å². The van der Waals surface area contributed by atoms with E-state index in [-0.39, 0.29) is 0 Å². The molecule has 1 aromatic carbocycles. The topological polar surface area (TPSA) is 79.5 Å². The van der Waals surface area contributed by atoms with Gasteiger partial charge in [0.05, 0.1) is 6.61 Å². The van der Waals surface area contributed by atoms with E-state index in [2.05, 4.69) is 32.0 Å². The molecule has 0 spiro atoms. The maximum atomic E-state index is 6.34. The molecule has 7 nitrogen and oxygen atoms in total. The molecule has 1 aliphatic heterocycles. The fourth-order valence-corrected chi connectivity index (χ4v) is 2.95. The van der Waals surface area contributed by atoms with Crippen LogP contribution in [0.5, 0.6) is 5.75 Å². The Morgan fingerprint density at radius 3 is 2.44 bits per heavy atom. The third-order valence-corrected chi connectivity index (χ3v) is 4.41. The van der Waals surface area contributed by atoms with Gasteiger partial charge in [0.2, 0.25) is 0 Å². The number of aromatic nitrogens is 2. The van der Waals surface area contributed by atoms with Crippen molar-refractivity contribution in [2.24, 2.45) is 0 Å². The Hall–Kier alpha value is -2.54. The molecule has 0 amide bonds. The average Bonchev–Trinajstić information content (AvgIpc) is 2.65. The van der Waals surface area contributed by atoms with E-state index in [1.807, 2.05) is 31.2 Å². The highest BCUT2D eigenvalue weighted by atomic mass is 16.5. The first-order valence-corrected chi connectivity index (χ1v) is 8.79. The monoisotopic (exact) mass is 342 g/mol. The van der Waals surface area contributed by atoms with Gasteiger partial charge in [0.25, 0.3) is 0 Å². The molecule has 25 heavy (non-hydrogen) atoms. The highest BCUT2D eigenvalue weighted by molar-refractivity contribution is 5.78. The standard InChI is InChI=1S/C18H26N6O/c1-3-23-9-11-24(12-10-23)18-16(19)17(20-13-21-18)22-14-5-7-15(8-6-14)25-4-2/h5-8,13H,3-4,9-12,19H2,1-2H3,(H,20,21,22). The number of anilines is 4. The number of hydrogen-bond donors (Lipinski definition) is 2. The van der Waals surface area contributed by atoms with Crippen LogP contribution in [0.15, 0.2) is 30.6 Å². The predicted molar refractivity (Wildman–Crippen MR) is 102 cm³/mol. The summed E-state index contributed by atoms with van der Waals surface area (Å²) in [6.45, 7) is 9.80. The normalized spacial score (nSPS) is 15.2. The molecule has 0 bridgehead atoms. The third kappa shape index (κ3) is 4.11. The van der Waals surface area contributed by atoms with E-state index in [1.54, 1.807) is 6.33 Å². The van der Waals surface area contributed by atoms with Gasteiger partial charge in [-0.2, -0.15) is 0 Å². The van der Waals surface area contributed by atoms with E-state index in [0.29, 0.717) is 18.1 Å². The first kappa shape index (κ1) is 17.3. The van der Waals surface area contributed by atoms with E-state index in [4.69, 9.17) is 10.5 Å². The van der Waals surface area contributed by atoms with Crippen molar-refractivity contribution >= 4 is 23.0 Å². The van der Waals surface area contributed by atoms with Crippen molar-refractivity contribution in [3.05, 3.63) is 30.6 Å². The minimum atomic E-state index is 0.585. The van der Waals surface area contributed by atoms with Crippen LogP contribution in [0.4, 0.5) is 23.0 Å². The van der Waals surface area contributed by atoms with E-state index in [0.717, 1.165) is 50.0 Å². The van der Waals surface area contributed by atoms with Crippen LogP contribution >= 0.6 is 0 Å². The number of benzene rings is 1. The average molecular weight is 342 g/mol. The number of likely N-dealkylation sites (N-methyl/N-ethyl adjacent to an activating group) is 1. The molecular formula is C18H26N6O. The molecule has 2 heterocycles. The predicted octanol–water partition coefficient (Wildman–Crippen LogP) is 2.34. The van der Waals surface area contributed by atoms with Crippen molar-refractivity contribution in [1.29, 1.82) is 0 Å². The van der Waals surface area contributed by atoms with Crippen LogP contribution in [0.25, 0.3) is 0 Å². The lowest BCUT2D eigenvalue weighted by atomic mass is 10.2. The zero-order valence-corrected chi connectivity index (χ0v) is 14.9. The van der Waals surface area contributed by atoms with Gasteiger partial charge in [-0.05, 0) is 37.7 Å². The molecule has 134 valence electrons. The maximum absolute atomic E-state index is 6.34. The Morgan fingerprint density at radius 2 is 1.80 bits per heavy atom. The summed E-state index contributed by atoms with van der Waals surface area (Å²) in [4.78, 5) is 13.4. The van der Waals surface area contributed by atoms with Crippen LogP contribution in [-0.4, -0.2) is 54.2 Å². The van der Waals surface area contributed by atoms with Crippen LogP contribution in [0.1, 0.15) is 13.8 Å². The van der Waals surface area contributed by atoms with Crippen molar-refractivity contribution in [2.45, 2.75) is 13.8 Å². The quantitative estimate of drug-likeness (QED) is 0.834. The molecule has 0 aliphatic carbocycles. The largest absolute Gasteiger partial charge is 0.494 e. The Bertz CT molecular complexity index is 682. The summed E-state index contributed by atoms with van der Waals surface area (Å²) in [6, 6.07) is 7.75. The van der Waals surface area contributed by atoms with Gasteiger partial charge in [-0.1, -0.05) is 6.92 Å². The summed E-state index contributed by atoms with van der Waals surface area (Å²) < 4.78 is 5.46. The first-order chi connectivity index (χ1) is 12.2. The van der Waals surface area contributed by atoms with Crippen molar-refractivity contribution in [3.8, 4) is 5.75 Å². The third-order valence-electron chi connectivity index (χ3n) is 4.41. The van der Waals surface area contributed by atoms with Gasteiger partial charge in [-0.15, -0.1) is 0 Å². The Labute approximate surface area is 148 Å². The molecule has 1 aliphatic rings. The van der Waals surface area contributed by atoms with Gasteiger partial charge >= 0.3 is 0 Å². The number of piperazine rings is 1. The molecule has 3 N–H and O–H groups in total. The van der Waals surface area contributed by atoms with Crippen molar-refractivity contribution in [2.75, 3.05) is 55.3 Å².